The molecule has 0 saturated carbocycles. The predicted octanol–water partition coefficient (Wildman–Crippen LogP) is 13.8. The Hall–Kier alpha value is -13.9. The van der Waals surface area contributed by atoms with Crippen LogP contribution in [0.2, 0.25) is 0 Å². The van der Waals surface area contributed by atoms with Crippen LogP contribution in [-0.4, -0.2) is 151 Å². The van der Waals surface area contributed by atoms with Gasteiger partial charge in [-0.1, -0.05) is 151 Å². The molecule has 130 heavy (non-hydrogen) atoms. The number of aromatic carboxylic acids is 2. The fraction of sp³-hybridized carbons (Fsp3) is 0.303. The summed E-state index contributed by atoms with van der Waals surface area (Å²) in [6.45, 7) is 17.1. The second-order valence-corrected chi connectivity index (χ2v) is 33.1. The number of aryl methyl sites for hydroxylation is 1. The topological polar surface area (TPSA) is 453 Å². The molecule has 0 bridgehead atoms. The van der Waals surface area contributed by atoms with Gasteiger partial charge >= 0.3 is 24.0 Å². The molecular weight excluding hydrogens is 1760 g/mol. The Kier molecular flexibility index (Phi) is 34.4. The van der Waals surface area contributed by atoms with Gasteiger partial charge in [-0.25, -0.2) is 19.2 Å². The maximum atomic E-state index is 14.6. The van der Waals surface area contributed by atoms with E-state index in [0.717, 1.165) is 23.6 Å². The van der Waals surface area contributed by atoms with Crippen LogP contribution < -0.4 is 37.4 Å². The maximum Gasteiger partial charge on any atom is 0.408 e. The van der Waals surface area contributed by atoms with Crippen molar-refractivity contribution in [3.05, 3.63) is 268 Å². The molecule has 7 atom stereocenters. The van der Waals surface area contributed by atoms with E-state index in [1.807, 2.05) is 133 Å². The second-order valence-electron chi connectivity index (χ2n) is 33.1. The Bertz CT molecular complexity index is 6020. The van der Waals surface area contributed by atoms with Gasteiger partial charge in [0.15, 0.2) is 22.4 Å². The third-order valence-electron chi connectivity index (χ3n) is 21.3. The van der Waals surface area contributed by atoms with Crippen molar-refractivity contribution < 1.29 is 128 Å². The number of imide groups is 1. The fourth-order valence-corrected chi connectivity index (χ4v) is 14.6. The van der Waals surface area contributed by atoms with Crippen molar-refractivity contribution in [3.8, 4) is 56.4 Å². The molecule has 7 aliphatic rings. The molecule has 7 amide bonds. The van der Waals surface area contributed by atoms with Gasteiger partial charge in [-0.15, -0.1) is 5.06 Å². The predicted molar refractivity (Wildman–Crippen MR) is 480 cm³/mol. The first kappa shape index (κ1) is 99.9. The third kappa shape index (κ3) is 26.4. The molecule has 30 nitrogen and oxygen atoms in total. The van der Waals surface area contributed by atoms with Crippen LogP contribution in [0.1, 0.15) is 150 Å². The summed E-state index contributed by atoms with van der Waals surface area (Å²) in [6.07, 6.45) is 1.31. The number of carboxylic acids is 2. The number of carboxylic acid groups (broad SMARTS) is 2. The maximum absolute atomic E-state index is 14.6. The van der Waals surface area contributed by atoms with Crippen LogP contribution in [-0.2, 0) is 97.3 Å². The number of ketones is 2. The number of carbonyl (C=O) groups excluding carboxylic acids is 10. The van der Waals surface area contributed by atoms with E-state index >= 15 is 0 Å². The van der Waals surface area contributed by atoms with Crippen LogP contribution in [0.15, 0.2) is 225 Å². The van der Waals surface area contributed by atoms with Crippen molar-refractivity contribution in [2.24, 2.45) is 17.8 Å². The van der Waals surface area contributed by atoms with E-state index in [1.54, 1.807) is 50.2 Å². The molecule has 2 aliphatic carbocycles. The van der Waals surface area contributed by atoms with Gasteiger partial charge in [-0.2, -0.15) is 0 Å². The molecule has 3 fully saturated rings. The summed E-state index contributed by atoms with van der Waals surface area (Å²) in [5, 5.41) is 55.7. The molecule has 0 aromatic heterocycles. The van der Waals surface area contributed by atoms with E-state index in [-0.39, 0.29) is 160 Å². The average Bonchev–Trinajstić information content (AvgIpc) is 1.64. The number of rotatable bonds is 31. The number of hydroxylamine groups is 2. The van der Waals surface area contributed by atoms with Crippen molar-refractivity contribution in [3.63, 3.8) is 0 Å². The largest absolute Gasteiger partial charge is 0.508 e. The number of alkyl carbamates (subject to hydrolysis) is 1. The zero-order valence-corrected chi connectivity index (χ0v) is 74.8. The first-order valence-electron chi connectivity index (χ1n) is 41.7. The number of hydrogen-bond acceptors (Lipinski definition) is 22. The summed E-state index contributed by atoms with van der Waals surface area (Å²) in [7, 11) is 0. The molecule has 7 aromatic carbocycles. The van der Waals surface area contributed by atoms with Crippen molar-refractivity contribution >= 4 is 92.9 Å². The number of carbonyl (C=O) groups is 12. The molecule has 14 rings (SSSR count). The monoisotopic (exact) mass is 1870 g/mol. The molecule has 3 saturated heterocycles. The summed E-state index contributed by atoms with van der Waals surface area (Å²) >= 11 is 0. The molecule has 5 aliphatic heterocycles. The van der Waals surface area contributed by atoms with Crippen LogP contribution in [0.3, 0.4) is 0 Å². The average molecular weight is 1870 g/mol. The van der Waals surface area contributed by atoms with Gasteiger partial charge < -0.3 is 82.3 Å². The number of fused-ring (bicyclic) bond motifs is 4. The van der Waals surface area contributed by atoms with Crippen molar-refractivity contribution in [2.45, 2.75) is 162 Å². The summed E-state index contributed by atoms with van der Waals surface area (Å²) in [6, 6.07) is 50.9. The zero-order valence-electron chi connectivity index (χ0n) is 73.2. The Morgan fingerprint density at radius 3 is 1.37 bits per heavy atom. The molecule has 5 heterocycles. The normalized spacial score (nSPS) is 15.8. The quantitative estimate of drug-likeness (QED) is 0.00640. The standard InChI is InChI=1S/C55H58N4O11.C20H12O5.C17H23NO4.C6H7NO4.CH3.Pd.H2/c1-31(2)24-43(49(62)55(5)30-69-55)57-53(66)45(26-34-14-10-7-11-15-34)59-52(65)44(25-32(3)4)58-51(64)42(23-16-33-12-8-6-9-13-33)56-50(63)35-17-20-38(54(67)68)41(27-35)48-39-21-18-36(60)28-46(39)70-47-29-37(61)19-22-40(47)48;21-11-5-7-15-17(9-11)25-18-10-12(22)6-8-16(18)19(15)13-3-1-2-4-14(13)20(23)24;1-12(2)9-14(15(19)17(3)11-22-17)18-16(20)21-10-13-7-5-4-6-8-13;1-4(8)11-7-5(9)2-3-6(7)10;;;/h6-15,17-22,27-29,31-32,42-45,60H,16,23-26,30H2,1-5H3,(H,56,63)(H,57,66)(H,58,64)(H,59,65)(H,67,68);1-10,21H,(H,23,24);4-8,12,14H,9-11H2,1-3H3,(H,18,20);2-3H2,1H3;1H3;;1H/q;;;;-1;;/t42-,43-,44-,45-,55+;;14-,17+;;;;/m0.0..../s1/i;;;;;;1+1. The Labute approximate surface area is 764 Å². The molecular formula is C99H105N6O24Pd-. The first-order chi connectivity index (χ1) is 60.9. The van der Waals surface area contributed by atoms with E-state index in [9.17, 15) is 87.5 Å². The van der Waals surface area contributed by atoms with Gasteiger partial charge in [0.05, 0.1) is 36.4 Å². The fourth-order valence-electron chi connectivity index (χ4n) is 14.6. The smallest absolute Gasteiger partial charge is 0.408 e. The molecule has 7 aromatic rings. The van der Waals surface area contributed by atoms with Gasteiger partial charge in [-0.3, -0.25) is 47.9 Å². The van der Waals surface area contributed by atoms with Gasteiger partial charge in [-0.05, 0) is 164 Å². The summed E-state index contributed by atoms with van der Waals surface area (Å²) in [4.78, 5) is 180. The van der Waals surface area contributed by atoms with E-state index < -0.39 is 101 Å². The van der Waals surface area contributed by atoms with Gasteiger partial charge in [0.2, 0.25) is 17.7 Å². The van der Waals surface area contributed by atoms with E-state index in [4.69, 9.17) is 23.0 Å². The van der Waals surface area contributed by atoms with E-state index in [2.05, 4.69) is 31.4 Å². The number of nitrogens with one attached hydrogen (secondary N) is 5. The number of benzene rings is 9. The number of Topliss-reactive ketones (excluding diaryl/α,β-unsaturated/α-hetero) is 2. The zero-order chi connectivity index (χ0) is 92.4. The van der Waals surface area contributed by atoms with E-state index in [0.29, 0.717) is 80.9 Å². The minimum atomic E-state index is -1.30. The van der Waals surface area contributed by atoms with Crippen molar-refractivity contribution in [1.82, 2.24) is 31.6 Å². The summed E-state index contributed by atoms with van der Waals surface area (Å²) < 4.78 is 27.5. The number of epoxide rings is 2. The van der Waals surface area contributed by atoms with Crippen LogP contribution >= 0.6 is 0 Å². The van der Waals surface area contributed by atoms with Crippen LogP contribution in [0.25, 0.3) is 66.8 Å². The number of nitrogens with zero attached hydrogens (tertiary/aromatic N) is 1. The number of amides is 7. The van der Waals surface area contributed by atoms with Crippen molar-refractivity contribution in [2.75, 3.05) is 13.2 Å². The molecule has 31 heteroatoms. The molecule has 0 radical (unpaired) electrons. The van der Waals surface area contributed by atoms with Gasteiger partial charge in [0.1, 0.15) is 70.1 Å². The van der Waals surface area contributed by atoms with Crippen LogP contribution in [0.4, 0.5) is 4.79 Å². The summed E-state index contributed by atoms with van der Waals surface area (Å²) in [5.41, 5.74) is 3.34. The van der Waals surface area contributed by atoms with E-state index in [1.165, 1.54) is 78.9 Å². The Morgan fingerprint density at radius 1 is 0.462 bits per heavy atom. The second kappa shape index (κ2) is 44.7. The molecule has 0 unspecified atom stereocenters. The van der Waals surface area contributed by atoms with Gasteiger partial charge in [0, 0.05) is 111 Å². The number of hydrogen-bond donors (Lipinski definition) is 9. The molecule has 686 valence electrons. The van der Waals surface area contributed by atoms with Gasteiger partial charge in [0.25, 0.3) is 17.7 Å². The SMILES string of the molecule is CC(=O)ON1C(=O)CCC1=O.CC(C)C[C@H](NC(=O)OCc1ccccc1)C(=O)[C@@]1(C)CO1.CC(C)C[C@H](NC(=O)[C@H](CCc1ccccc1)NC(=O)c1ccc(C(=O)O)c(-c2c3ccc(=O)cc-3oc3cc(O)ccc23)c1)C(=O)N[C@@H](Cc1ccccc1)C(=O)N[C@@H](CC(C)C)C(=O)[C@@]1(C)CO1.O=C(O)c1ccccc1-c1c2ccc(=O)cc-2oc2cc(O)ccc12.[2HH].[CH3-].[Pd]. The number of phenolic OH excluding ortho intramolecular Hbond substituents is 2. The summed E-state index contributed by atoms with van der Waals surface area (Å²) in [5.74, 6) is -6.29. The molecule has 9 N–H and O–H groups in total. The Morgan fingerprint density at radius 2 is 0.885 bits per heavy atom. The minimum absolute atomic E-state index is 0. The molecule has 0 spiro atoms. The number of aromatic hydroxyl groups is 2. The van der Waals surface area contributed by atoms with Crippen LogP contribution in [0.5, 0.6) is 11.5 Å². The van der Waals surface area contributed by atoms with Crippen molar-refractivity contribution in [1.29, 1.82) is 0 Å². The third-order valence-corrected chi connectivity index (χ3v) is 21.3. The number of phenols is 2. The van der Waals surface area contributed by atoms with Crippen LogP contribution in [0, 0.1) is 25.2 Å². The Balaban J connectivity index is 0.000000278. The first-order valence-corrected chi connectivity index (χ1v) is 41.7. The minimum Gasteiger partial charge on any atom is -0.508 e. The number of ether oxygens (including phenoxy) is 3.